The molecule has 0 aliphatic carbocycles. The molecule has 0 aliphatic heterocycles. The average Bonchev–Trinajstić information content (AvgIpc) is 2.94. The fraction of sp³-hybridized carbons (Fsp3) is 0.333. The molecule has 2 aromatic rings. The van der Waals surface area contributed by atoms with Crippen molar-refractivity contribution in [2.45, 2.75) is 6.54 Å². The molecule has 3 N–H and O–H groups in total. The maximum atomic E-state index is 12.0. The highest BCUT2D eigenvalue weighted by Gasteiger charge is 2.13. The number of aromatic nitrogens is 3. The Morgan fingerprint density at radius 2 is 2.17 bits per heavy atom. The summed E-state index contributed by atoms with van der Waals surface area (Å²) in [6.07, 6.45) is 4.37. The molecule has 0 bridgehead atoms. The largest absolute Gasteiger partial charge is 0.505 e. The van der Waals surface area contributed by atoms with E-state index in [0.29, 0.717) is 12.2 Å². The molecule has 0 fully saturated rings. The van der Waals surface area contributed by atoms with Gasteiger partial charge in [-0.3, -0.25) is 14.3 Å². The number of rotatable bonds is 7. The molecule has 0 radical (unpaired) electrons. The minimum absolute atomic E-state index is 0.0537. The van der Waals surface area contributed by atoms with Crippen molar-refractivity contribution in [2.24, 2.45) is 0 Å². The van der Waals surface area contributed by atoms with Gasteiger partial charge in [-0.1, -0.05) is 0 Å². The van der Waals surface area contributed by atoms with E-state index in [0.717, 1.165) is 6.54 Å². The van der Waals surface area contributed by atoms with Crippen molar-refractivity contribution in [2.75, 3.05) is 32.5 Å². The Balaban J connectivity index is 1.88. The number of aromatic hydroxyl groups is 1. The number of carbonyl (C=O) groups excluding carboxylic acids is 2. The third-order valence-corrected chi connectivity index (χ3v) is 3.08. The van der Waals surface area contributed by atoms with Gasteiger partial charge in [-0.25, -0.2) is 4.98 Å². The topological polar surface area (TPSA) is 112 Å². The minimum atomic E-state index is -0.553. The first-order valence-electron chi connectivity index (χ1n) is 7.35. The number of likely N-dealkylation sites (N-methyl/N-ethyl adjacent to an activating group) is 1. The molecule has 0 aliphatic rings. The maximum Gasteiger partial charge on any atom is 0.278 e. The van der Waals surface area contributed by atoms with Crippen LogP contribution in [0.5, 0.6) is 5.75 Å². The fourth-order valence-corrected chi connectivity index (χ4v) is 1.90. The Morgan fingerprint density at radius 1 is 1.38 bits per heavy atom. The maximum absolute atomic E-state index is 12.0. The van der Waals surface area contributed by atoms with E-state index in [1.54, 1.807) is 0 Å². The van der Waals surface area contributed by atoms with Crippen molar-refractivity contribution in [1.82, 2.24) is 25.0 Å². The Hall–Kier alpha value is -2.94. The Kier molecular flexibility index (Phi) is 5.85. The van der Waals surface area contributed by atoms with Crippen LogP contribution in [-0.2, 0) is 11.3 Å². The Labute approximate surface area is 139 Å². The van der Waals surface area contributed by atoms with Gasteiger partial charge in [-0.15, -0.1) is 0 Å². The molecule has 2 heterocycles. The Morgan fingerprint density at radius 3 is 2.88 bits per heavy atom. The highest BCUT2D eigenvalue weighted by Crippen LogP contribution is 2.15. The summed E-state index contributed by atoms with van der Waals surface area (Å²) >= 11 is 0. The zero-order chi connectivity index (χ0) is 17.5. The van der Waals surface area contributed by atoms with E-state index >= 15 is 0 Å². The lowest BCUT2D eigenvalue weighted by Gasteiger charge is -2.10. The van der Waals surface area contributed by atoms with Gasteiger partial charge in [-0.2, -0.15) is 5.10 Å². The van der Waals surface area contributed by atoms with Crippen LogP contribution in [0.3, 0.4) is 0 Å². The zero-order valence-electron chi connectivity index (χ0n) is 13.6. The lowest BCUT2D eigenvalue weighted by Crippen LogP contribution is -2.33. The van der Waals surface area contributed by atoms with Crippen LogP contribution >= 0.6 is 0 Å². The molecule has 9 heteroatoms. The molecule has 2 rings (SSSR count). The number of hydrogen-bond donors (Lipinski definition) is 3. The van der Waals surface area contributed by atoms with Crippen molar-refractivity contribution in [1.29, 1.82) is 0 Å². The lowest BCUT2D eigenvalue weighted by atomic mass is 10.3. The van der Waals surface area contributed by atoms with Crippen molar-refractivity contribution < 1.29 is 14.7 Å². The molecule has 0 atom stereocenters. The number of nitrogens with one attached hydrogen (secondary N) is 2. The SMILES string of the molecule is CN(C)CCNC(=O)Cn1cc(NC(=O)c2ncccc2O)cn1. The monoisotopic (exact) mass is 332 g/mol. The molecule has 9 nitrogen and oxygen atoms in total. The van der Waals surface area contributed by atoms with E-state index in [4.69, 9.17) is 0 Å². The molecule has 128 valence electrons. The van der Waals surface area contributed by atoms with Crippen LogP contribution in [0.4, 0.5) is 5.69 Å². The first kappa shape index (κ1) is 17.4. The van der Waals surface area contributed by atoms with E-state index in [2.05, 4.69) is 20.7 Å². The van der Waals surface area contributed by atoms with E-state index in [1.807, 2.05) is 19.0 Å². The standard InChI is InChI=1S/C15H20N6O3/c1-20(2)7-6-16-13(23)10-21-9-11(8-18-21)19-15(24)14-12(22)4-3-5-17-14/h3-5,8-9,22H,6-7,10H2,1-2H3,(H,16,23)(H,19,24). The van der Waals surface area contributed by atoms with Crippen LogP contribution in [0, 0.1) is 0 Å². The molecule has 0 saturated heterocycles. The molecule has 0 unspecified atom stereocenters. The predicted molar refractivity (Wildman–Crippen MR) is 87.6 cm³/mol. The summed E-state index contributed by atoms with van der Waals surface area (Å²) in [5.74, 6) is -0.925. The molecule has 0 spiro atoms. The van der Waals surface area contributed by atoms with Crippen LogP contribution in [0.2, 0.25) is 0 Å². The summed E-state index contributed by atoms with van der Waals surface area (Å²) in [5.41, 5.74) is 0.331. The third kappa shape index (κ3) is 5.06. The number of anilines is 1. The van der Waals surface area contributed by atoms with Gasteiger partial charge in [0.05, 0.1) is 11.9 Å². The van der Waals surface area contributed by atoms with Crippen molar-refractivity contribution in [3.63, 3.8) is 0 Å². The molecule has 0 saturated carbocycles. The predicted octanol–water partition coefficient (Wildman–Crippen LogP) is -0.0862. The van der Waals surface area contributed by atoms with Crippen LogP contribution in [0.15, 0.2) is 30.7 Å². The number of nitrogens with zero attached hydrogens (tertiary/aromatic N) is 4. The number of hydrogen-bond acceptors (Lipinski definition) is 6. The molecule has 24 heavy (non-hydrogen) atoms. The van der Waals surface area contributed by atoms with Crippen LogP contribution < -0.4 is 10.6 Å². The second-order valence-corrected chi connectivity index (χ2v) is 5.41. The zero-order valence-corrected chi connectivity index (χ0v) is 13.6. The van der Waals surface area contributed by atoms with Crippen molar-refractivity contribution in [3.05, 3.63) is 36.4 Å². The number of carbonyl (C=O) groups is 2. The number of amides is 2. The summed E-state index contributed by atoms with van der Waals surface area (Å²) in [7, 11) is 3.85. The van der Waals surface area contributed by atoms with Crippen LogP contribution in [0.1, 0.15) is 10.5 Å². The third-order valence-electron chi connectivity index (χ3n) is 3.08. The van der Waals surface area contributed by atoms with Gasteiger partial charge < -0.3 is 20.6 Å². The van der Waals surface area contributed by atoms with E-state index in [9.17, 15) is 14.7 Å². The van der Waals surface area contributed by atoms with E-state index < -0.39 is 5.91 Å². The van der Waals surface area contributed by atoms with Gasteiger partial charge in [-0.05, 0) is 26.2 Å². The first-order chi connectivity index (χ1) is 11.5. The summed E-state index contributed by atoms with van der Waals surface area (Å²) in [6.45, 7) is 1.35. The van der Waals surface area contributed by atoms with Crippen LogP contribution in [0.25, 0.3) is 0 Å². The Bertz CT molecular complexity index is 713. The number of pyridine rings is 1. The average molecular weight is 332 g/mol. The smallest absolute Gasteiger partial charge is 0.278 e. The van der Waals surface area contributed by atoms with Gasteiger partial charge in [0.15, 0.2) is 5.69 Å². The highest BCUT2D eigenvalue weighted by atomic mass is 16.3. The summed E-state index contributed by atoms with van der Waals surface area (Å²) in [5, 5.41) is 19.0. The quantitative estimate of drug-likeness (QED) is 0.653. The van der Waals surface area contributed by atoms with Gasteiger partial charge in [0, 0.05) is 25.5 Å². The normalized spacial score (nSPS) is 10.6. The molecule has 0 aromatic carbocycles. The highest BCUT2D eigenvalue weighted by molar-refractivity contribution is 6.04. The fourth-order valence-electron chi connectivity index (χ4n) is 1.90. The molecular formula is C15H20N6O3. The molecule has 2 amide bonds. The van der Waals surface area contributed by atoms with Crippen LogP contribution in [-0.4, -0.2) is 63.8 Å². The van der Waals surface area contributed by atoms with Gasteiger partial charge in [0.2, 0.25) is 5.91 Å². The van der Waals surface area contributed by atoms with Gasteiger partial charge in [0.1, 0.15) is 12.3 Å². The summed E-state index contributed by atoms with van der Waals surface area (Å²) in [6, 6.07) is 2.91. The summed E-state index contributed by atoms with van der Waals surface area (Å²) < 4.78 is 1.42. The van der Waals surface area contributed by atoms with E-state index in [1.165, 1.54) is 35.4 Å². The molecule has 2 aromatic heterocycles. The second kappa shape index (κ2) is 8.06. The van der Waals surface area contributed by atoms with Gasteiger partial charge >= 0.3 is 0 Å². The van der Waals surface area contributed by atoms with Crippen molar-refractivity contribution >= 4 is 17.5 Å². The molecular weight excluding hydrogens is 312 g/mol. The van der Waals surface area contributed by atoms with Crippen molar-refractivity contribution in [3.8, 4) is 5.75 Å². The first-order valence-corrected chi connectivity index (χ1v) is 7.35. The summed E-state index contributed by atoms with van der Waals surface area (Å²) in [4.78, 5) is 29.6. The van der Waals surface area contributed by atoms with E-state index in [-0.39, 0.29) is 23.9 Å². The minimum Gasteiger partial charge on any atom is -0.505 e. The lowest BCUT2D eigenvalue weighted by molar-refractivity contribution is -0.121. The van der Waals surface area contributed by atoms with Gasteiger partial charge in [0.25, 0.3) is 5.91 Å². The second-order valence-electron chi connectivity index (χ2n) is 5.41.